The molecule has 6 nitrogen and oxygen atoms in total. The van der Waals surface area contributed by atoms with Crippen LogP contribution in [-0.2, 0) is 25.9 Å². The van der Waals surface area contributed by atoms with Crippen LogP contribution in [0.4, 0.5) is 4.79 Å². The second-order valence-corrected chi connectivity index (χ2v) is 9.71. The first-order valence-electron chi connectivity index (χ1n) is 12.0. The fourth-order valence-electron chi connectivity index (χ4n) is 5.56. The van der Waals surface area contributed by atoms with Crippen molar-refractivity contribution in [3.05, 3.63) is 81.0 Å². The van der Waals surface area contributed by atoms with E-state index in [4.69, 9.17) is 5.73 Å². The molecule has 0 radical (unpaired) electrons. The summed E-state index contributed by atoms with van der Waals surface area (Å²) in [7, 11) is 0. The molecule has 1 aromatic heterocycles. The van der Waals surface area contributed by atoms with Crippen LogP contribution >= 0.6 is 0 Å². The van der Waals surface area contributed by atoms with Gasteiger partial charge in [-0.05, 0) is 92.6 Å². The predicted molar refractivity (Wildman–Crippen MR) is 134 cm³/mol. The predicted octanol–water partition coefficient (Wildman–Crippen LogP) is 4.24. The topological polar surface area (TPSA) is 80.4 Å². The minimum atomic E-state index is -0.526. The molecule has 0 fully saturated rings. The van der Waals surface area contributed by atoms with Crippen molar-refractivity contribution in [2.24, 2.45) is 5.73 Å². The van der Waals surface area contributed by atoms with Crippen molar-refractivity contribution in [3.8, 4) is 11.3 Å². The first kappa shape index (κ1) is 22.4. The Kier molecular flexibility index (Phi) is 5.56. The third-order valence-corrected chi connectivity index (χ3v) is 7.72. The number of aromatic nitrogens is 1. The summed E-state index contributed by atoms with van der Waals surface area (Å²) < 4.78 is 1.57. The lowest BCUT2D eigenvalue weighted by Crippen LogP contribution is -2.43. The highest BCUT2D eigenvalue weighted by atomic mass is 16.2. The molecule has 5 rings (SSSR count). The molecule has 0 saturated heterocycles. The van der Waals surface area contributed by atoms with E-state index in [9.17, 15) is 9.59 Å². The Morgan fingerprint density at radius 3 is 2.47 bits per heavy atom. The van der Waals surface area contributed by atoms with E-state index in [1.165, 1.54) is 16.7 Å². The fourth-order valence-corrected chi connectivity index (χ4v) is 5.56. The quantitative estimate of drug-likeness (QED) is 0.605. The standard InChI is InChI=1S/C28H32N4O2/c1-16-11-20-7-5-6-8-22(20)15-31(16)27(33)25-13-23-14-30-10-9-21(23)12-24(25)26-18(3)17(2)19(4)32(26)28(29)34/h5-8,12-13,16,30H,9-11,14-15H2,1-4H3,(H2,29,34)/t16-/m1/s1. The van der Waals surface area contributed by atoms with E-state index < -0.39 is 6.03 Å². The van der Waals surface area contributed by atoms with Crippen LogP contribution in [0.3, 0.4) is 0 Å². The van der Waals surface area contributed by atoms with Crippen LogP contribution in [0.2, 0.25) is 0 Å². The molecule has 3 heterocycles. The minimum Gasteiger partial charge on any atom is -0.351 e. The van der Waals surface area contributed by atoms with E-state index in [1.54, 1.807) is 4.57 Å². The Hall–Kier alpha value is -3.38. The smallest absolute Gasteiger partial charge is 0.323 e. The van der Waals surface area contributed by atoms with E-state index in [2.05, 4.69) is 36.5 Å². The Bertz CT molecular complexity index is 1320. The van der Waals surface area contributed by atoms with Crippen LogP contribution in [0.1, 0.15) is 56.4 Å². The molecule has 34 heavy (non-hydrogen) atoms. The summed E-state index contributed by atoms with van der Waals surface area (Å²) in [6.07, 6.45) is 1.72. The molecule has 0 aliphatic carbocycles. The highest BCUT2D eigenvalue weighted by Crippen LogP contribution is 2.36. The number of hydrogen-bond donors (Lipinski definition) is 2. The zero-order chi connectivity index (χ0) is 24.1. The first-order valence-corrected chi connectivity index (χ1v) is 12.0. The van der Waals surface area contributed by atoms with Crippen molar-refractivity contribution in [2.45, 2.75) is 59.7 Å². The number of nitrogens with two attached hydrogens (primary N) is 1. The van der Waals surface area contributed by atoms with Crippen molar-refractivity contribution in [1.82, 2.24) is 14.8 Å². The van der Waals surface area contributed by atoms with E-state index in [0.29, 0.717) is 12.1 Å². The van der Waals surface area contributed by atoms with Crippen molar-refractivity contribution < 1.29 is 9.59 Å². The highest BCUT2D eigenvalue weighted by molar-refractivity contribution is 6.03. The molecule has 0 unspecified atom stereocenters. The maximum absolute atomic E-state index is 14.2. The third kappa shape index (κ3) is 3.53. The molecule has 6 heteroatoms. The average molecular weight is 457 g/mol. The Balaban J connectivity index is 1.69. The SMILES string of the molecule is Cc1c(C)c(-c2cc3c(cc2C(=O)N2Cc4ccccc4C[C@H]2C)CNCC3)n(C(N)=O)c1C. The van der Waals surface area contributed by atoms with E-state index in [-0.39, 0.29) is 11.9 Å². The lowest BCUT2D eigenvalue weighted by Gasteiger charge is -2.36. The molecule has 1 atom stereocenters. The summed E-state index contributed by atoms with van der Waals surface area (Å²) in [5.41, 5.74) is 15.7. The fraction of sp³-hybridized carbons (Fsp3) is 0.357. The van der Waals surface area contributed by atoms with Gasteiger partial charge in [-0.15, -0.1) is 0 Å². The van der Waals surface area contributed by atoms with Crippen LogP contribution in [0.5, 0.6) is 0 Å². The van der Waals surface area contributed by atoms with Crippen LogP contribution in [0.25, 0.3) is 11.3 Å². The van der Waals surface area contributed by atoms with Gasteiger partial charge >= 0.3 is 6.03 Å². The molecule has 176 valence electrons. The van der Waals surface area contributed by atoms with E-state index >= 15 is 0 Å². The number of nitrogens with one attached hydrogen (secondary N) is 1. The summed E-state index contributed by atoms with van der Waals surface area (Å²) in [6, 6.07) is 12.1. The van der Waals surface area contributed by atoms with Crippen LogP contribution in [0, 0.1) is 20.8 Å². The number of primary amides is 1. The second-order valence-electron chi connectivity index (χ2n) is 9.71. The molecule has 0 spiro atoms. The van der Waals surface area contributed by atoms with Crippen molar-refractivity contribution in [2.75, 3.05) is 6.54 Å². The van der Waals surface area contributed by atoms with Crippen molar-refractivity contribution >= 4 is 11.9 Å². The number of fused-ring (bicyclic) bond motifs is 2. The van der Waals surface area contributed by atoms with E-state index in [0.717, 1.165) is 59.6 Å². The number of amides is 2. The van der Waals surface area contributed by atoms with Gasteiger partial charge in [0.1, 0.15) is 0 Å². The van der Waals surface area contributed by atoms with Gasteiger partial charge < -0.3 is 16.0 Å². The molecule has 2 aromatic carbocycles. The molecule has 0 bridgehead atoms. The third-order valence-electron chi connectivity index (χ3n) is 7.72. The summed E-state index contributed by atoms with van der Waals surface area (Å²) in [5, 5.41) is 3.42. The molecule has 3 aromatic rings. The summed E-state index contributed by atoms with van der Waals surface area (Å²) in [4.78, 5) is 28.7. The Labute approximate surface area is 200 Å². The zero-order valence-corrected chi connectivity index (χ0v) is 20.4. The number of carbonyl (C=O) groups is 2. The van der Waals surface area contributed by atoms with Gasteiger partial charge in [0.2, 0.25) is 0 Å². The number of hydrogen-bond acceptors (Lipinski definition) is 3. The van der Waals surface area contributed by atoms with E-state index in [1.807, 2.05) is 37.8 Å². The maximum atomic E-state index is 14.2. The molecule has 2 amide bonds. The van der Waals surface area contributed by atoms with Gasteiger partial charge in [0.25, 0.3) is 5.91 Å². The van der Waals surface area contributed by atoms with Gasteiger partial charge in [0, 0.05) is 36.0 Å². The highest BCUT2D eigenvalue weighted by Gasteiger charge is 2.31. The second kappa shape index (κ2) is 8.44. The lowest BCUT2D eigenvalue weighted by atomic mass is 9.89. The van der Waals surface area contributed by atoms with Crippen molar-refractivity contribution in [3.63, 3.8) is 0 Å². The van der Waals surface area contributed by atoms with Gasteiger partial charge in [-0.3, -0.25) is 9.36 Å². The summed E-state index contributed by atoms with van der Waals surface area (Å²) >= 11 is 0. The Morgan fingerprint density at radius 1 is 1.00 bits per heavy atom. The average Bonchev–Trinajstić information content (AvgIpc) is 3.06. The van der Waals surface area contributed by atoms with Gasteiger partial charge in [-0.25, -0.2) is 4.79 Å². The van der Waals surface area contributed by atoms with Crippen LogP contribution in [-0.4, -0.2) is 34.0 Å². The van der Waals surface area contributed by atoms with Gasteiger partial charge in [0.05, 0.1) is 5.69 Å². The largest absolute Gasteiger partial charge is 0.351 e. The molecule has 0 saturated carbocycles. The minimum absolute atomic E-state index is 0.00250. The molecule has 3 N–H and O–H groups in total. The molecule has 2 aliphatic heterocycles. The summed E-state index contributed by atoms with van der Waals surface area (Å²) in [6.45, 7) is 10.2. The van der Waals surface area contributed by atoms with Crippen molar-refractivity contribution in [1.29, 1.82) is 0 Å². The van der Waals surface area contributed by atoms with Crippen LogP contribution in [0.15, 0.2) is 36.4 Å². The number of rotatable bonds is 2. The van der Waals surface area contributed by atoms with Crippen LogP contribution < -0.4 is 11.1 Å². The molecular formula is C28H32N4O2. The van der Waals surface area contributed by atoms with Gasteiger partial charge in [0.15, 0.2) is 0 Å². The zero-order valence-electron chi connectivity index (χ0n) is 20.4. The summed E-state index contributed by atoms with van der Waals surface area (Å²) in [5.74, 6) is -0.00250. The number of benzene rings is 2. The normalized spacial score (nSPS) is 17.3. The molecule has 2 aliphatic rings. The van der Waals surface area contributed by atoms with Gasteiger partial charge in [-0.1, -0.05) is 24.3 Å². The lowest BCUT2D eigenvalue weighted by molar-refractivity contribution is 0.0659. The number of nitrogens with zero attached hydrogens (tertiary/aromatic N) is 2. The monoisotopic (exact) mass is 456 g/mol. The molecular weight excluding hydrogens is 424 g/mol. The van der Waals surface area contributed by atoms with Gasteiger partial charge in [-0.2, -0.15) is 0 Å². The first-order chi connectivity index (χ1) is 16.3. The number of carbonyl (C=O) groups excluding carboxylic acids is 2. The Morgan fingerprint density at radius 2 is 1.74 bits per heavy atom. The maximum Gasteiger partial charge on any atom is 0.323 e.